The van der Waals surface area contributed by atoms with Crippen molar-refractivity contribution >= 4 is 11.6 Å². The summed E-state index contributed by atoms with van der Waals surface area (Å²) in [7, 11) is 0. The zero-order valence-corrected chi connectivity index (χ0v) is 13.6. The largest absolute Gasteiger partial charge is 0.370 e. The maximum atomic E-state index is 6.07. The van der Waals surface area contributed by atoms with E-state index < -0.39 is 0 Å². The highest BCUT2D eigenvalue weighted by Gasteiger charge is 2.20. The van der Waals surface area contributed by atoms with Crippen molar-refractivity contribution in [2.75, 3.05) is 25.0 Å². The van der Waals surface area contributed by atoms with Crippen molar-refractivity contribution < 1.29 is 0 Å². The molecule has 1 heterocycles. The maximum absolute atomic E-state index is 6.07. The smallest absolute Gasteiger partial charge is 0.193 e. The third-order valence-electron chi connectivity index (χ3n) is 4.97. The number of likely N-dealkylation sites (tertiary alicyclic amines) is 1. The number of nitrogens with two attached hydrogens (primary N) is 1. The number of aryl methyl sites for hydroxylation is 2. The molecule has 1 aromatic carbocycles. The van der Waals surface area contributed by atoms with Crippen LogP contribution in [0.3, 0.4) is 0 Å². The lowest BCUT2D eigenvalue weighted by Crippen LogP contribution is -2.35. The molecule has 3 N–H and O–H groups in total. The number of nitrogens with zero attached hydrogens (tertiary/aromatic N) is 2. The molecule has 1 aliphatic carbocycles. The van der Waals surface area contributed by atoms with Crippen LogP contribution in [0.15, 0.2) is 23.2 Å². The van der Waals surface area contributed by atoms with Gasteiger partial charge in [-0.15, -0.1) is 0 Å². The van der Waals surface area contributed by atoms with Crippen LogP contribution < -0.4 is 11.1 Å². The van der Waals surface area contributed by atoms with Crippen LogP contribution in [0.1, 0.15) is 43.7 Å². The van der Waals surface area contributed by atoms with Crippen molar-refractivity contribution in [3.63, 3.8) is 0 Å². The lowest BCUT2D eigenvalue weighted by Gasteiger charge is -2.24. The van der Waals surface area contributed by atoms with Gasteiger partial charge in [0.2, 0.25) is 0 Å². The monoisotopic (exact) mass is 300 g/mol. The highest BCUT2D eigenvalue weighted by molar-refractivity contribution is 5.92. The van der Waals surface area contributed by atoms with Gasteiger partial charge in [0.15, 0.2) is 5.96 Å². The summed E-state index contributed by atoms with van der Waals surface area (Å²) in [4.78, 5) is 7.12. The maximum Gasteiger partial charge on any atom is 0.193 e. The SMILES string of the molecule is CCC(CN=C(N)Nc1ccc2c(c1)CCC2)N1CCCC1. The molecule has 1 fully saturated rings. The lowest BCUT2D eigenvalue weighted by molar-refractivity contribution is 0.242. The molecular weight excluding hydrogens is 272 g/mol. The molecule has 0 amide bonds. The van der Waals surface area contributed by atoms with E-state index in [0.29, 0.717) is 12.0 Å². The van der Waals surface area contributed by atoms with Gasteiger partial charge in [-0.2, -0.15) is 0 Å². The Morgan fingerprint density at radius 2 is 2.00 bits per heavy atom. The van der Waals surface area contributed by atoms with E-state index in [1.165, 1.54) is 56.3 Å². The lowest BCUT2D eigenvalue weighted by atomic mass is 10.1. The van der Waals surface area contributed by atoms with E-state index in [1.54, 1.807) is 0 Å². The highest BCUT2D eigenvalue weighted by atomic mass is 15.2. The van der Waals surface area contributed by atoms with Gasteiger partial charge in [-0.25, -0.2) is 0 Å². The van der Waals surface area contributed by atoms with Crippen LogP contribution in [0.25, 0.3) is 0 Å². The zero-order valence-electron chi connectivity index (χ0n) is 13.6. The van der Waals surface area contributed by atoms with E-state index >= 15 is 0 Å². The summed E-state index contributed by atoms with van der Waals surface area (Å²) in [6, 6.07) is 7.09. The topological polar surface area (TPSA) is 53.6 Å². The number of nitrogens with one attached hydrogen (secondary N) is 1. The van der Waals surface area contributed by atoms with E-state index in [4.69, 9.17) is 5.73 Å². The van der Waals surface area contributed by atoms with E-state index in [2.05, 4.69) is 40.3 Å². The molecule has 1 aromatic rings. The Balaban J connectivity index is 1.57. The first-order valence-corrected chi connectivity index (χ1v) is 8.69. The first kappa shape index (κ1) is 15.3. The second kappa shape index (κ2) is 7.14. The van der Waals surface area contributed by atoms with Gasteiger partial charge >= 0.3 is 0 Å². The molecule has 22 heavy (non-hydrogen) atoms. The van der Waals surface area contributed by atoms with Crippen molar-refractivity contribution in [3.8, 4) is 0 Å². The first-order valence-electron chi connectivity index (χ1n) is 8.69. The van der Waals surface area contributed by atoms with Crippen LogP contribution in [0.5, 0.6) is 0 Å². The number of aliphatic imine (C=N–C) groups is 1. The highest BCUT2D eigenvalue weighted by Crippen LogP contribution is 2.24. The molecule has 1 saturated heterocycles. The minimum absolute atomic E-state index is 0.530. The van der Waals surface area contributed by atoms with Crippen LogP contribution in [0.4, 0.5) is 5.69 Å². The van der Waals surface area contributed by atoms with Crippen LogP contribution in [-0.2, 0) is 12.8 Å². The van der Waals surface area contributed by atoms with Gasteiger partial charge < -0.3 is 11.1 Å². The quantitative estimate of drug-likeness (QED) is 0.649. The number of fused-ring (bicyclic) bond motifs is 1. The van der Waals surface area contributed by atoms with Gasteiger partial charge in [0.05, 0.1) is 6.54 Å². The Morgan fingerprint density at radius 1 is 1.23 bits per heavy atom. The first-order chi connectivity index (χ1) is 10.8. The van der Waals surface area contributed by atoms with Crippen LogP contribution in [0.2, 0.25) is 0 Å². The average molecular weight is 300 g/mol. The second-order valence-electron chi connectivity index (χ2n) is 6.49. The molecular formula is C18H28N4. The molecule has 0 radical (unpaired) electrons. The Kier molecular flexibility index (Phi) is 4.98. The van der Waals surface area contributed by atoms with E-state index in [-0.39, 0.29) is 0 Å². The zero-order chi connectivity index (χ0) is 15.4. The van der Waals surface area contributed by atoms with Crippen molar-refractivity contribution in [3.05, 3.63) is 29.3 Å². The standard InChI is InChI=1S/C18H28N4/c1-2-17(22-10-3-4-11-22)13-20-18(19)21-16-9-8-14-6-5-7-15(14)12-16/h8-9,12,17H,2-7,10-11,13H2,1H3,(H3,19,20,21). The second-order valence-corrected chi connectivity index (χ2v) is 6.49. The fourth-order valence-corrected chi connectivity index (χ4v) is 3.65. The molecule has 2 aliphatic rings. The fourth-order valence-electron chi connectivity index (χ4n) is 3.65. The number of hydrogen-bond donors (Lipinski definition) is 2. The minimum Gasteiger partial charge on any atom is -0.370 e. The average Bonchev–Trinajstić information content (AvgIpc) is 3.18. The summed E-state index contributed by atoms with van der Waals surface area (Å²) in [6.45, 7) is 5.46. The van der Waals surface area contributed by atoms with Gasteiger partial charge in [-0.3, -0.25) is 9.89 Å². The Labute approximate surface area is 133 Å². The molecule has 0 aromatic heterocycles. The third kappa shape index (κ3) is 3.61. The fraction of sp³-hybridized carbons (Fsp3) is 0.611. The molecule has 1 atom stereocenters. The minimum atomic E-state index is 0.530. The Hall–Kier alpha value is -1.55. The summed E-state index contributed by atoms with van der Waals surface area (Å²) < 4.78 is 0. The van der Waals surface area contributed by atoms with Gasteiger partial charge in [0, 0.05) is 11.7 Å². The van der Waals surface area contributed by atoms with Crippen molar-refractivity contribution in [1.82, 2.24) is 4.90 Å². The Morgan fingerprint density at radius 3 is 2.77 bits per heavy atom. The van der Waals surface area contributed by atoms with Crippen molar-refractivity contribution in [2.45, 2.75) is 51.5 Å². The number of benzene rings is 1. The molecule has 3 rings (SSSR count). The molecule has 4 nitrogen and oxygen atoms in total. The summed E-state index contributed by atoms with van der Waals surface area (Å²) in [5, 5.41) is 3.25. The van der Waals surface area contributed by atoms with E-state index in [9.17, 15) is 0 Å². The van der Waals surface area contributed by atoms with Crippen molar-refractivity contribution in [1.29, 1.82) is 0 Å². The summed E-state index contributed by atoms with van der Waals surface area (Å²) in [5.41, 5.74) is 10.1. The predicted octanol–water partition coefficient (Wildman–Crippen LogP) is 2.78. The number of rotatable bonds is 5. The van der Waals surface area contributed by atoms with Crippen LogP contribution >= 0.6 is 0 Å². The van der Waals surface area contributed by atoms with Crippen LogP contribution in [0, 0.1) is 0 Å². The van der Waals surface area contributed by atoms with Crippen molar-refractivity contribution in [2.24, 2.45) is 10.7 Å². The van der Waals surface area contributed by atoms with E-state index in [0.717, 1.165) is 18.7 Å². The van der Waals surface area contributed by atoms with Gasteiger partial charge in [0.25, 0.3) is 0 Å². The number of anilines is 1. The summed E-state index contributed by atoms with van der Waals surface area (Å²) in [5.74, 6) is 0.538. The normalized spacial score (nSPS) is 20.1. The van der Waals surface area contributed by atoms with Gasteiger partial charge in [0.1, 0.15) is 0 Å². The Bertz CT molecular complexity index is 532. The third-order valence-corrected chi connectivity index (χ3v) is 4.97. The van der Waals surface area contributed by atoms with Crippen LogP contribution in [-0.4, -0.2) is 36.5 Å². The molecule has 0 spiro atoms. The molecule has 1 aliphatic heterocycles. The summed E-state index contributed by atoms with van der Waals surface area (Å²) >= 11 is 0. The molecule has 0 saturated carbocycles. The predicted molar refractivity (Wildman–Crippen MR) is 93.5 cm³/mol. The molecule has 4 heteroatoms. The molecule has 120 valence electrons. The van der Waals surface area contributed by atoms with E-state index in [1.807, 2.05) is 0 Å². The number of guanidine groups is 1. The summed E-state index contributed by atoms with van der Waals surface area (Å²) in [6.07, 6.45) is 7.46. The van der Waals surface area contributed by atoms with Gasteiger partial charge in [-0.05, 0) is 74.9 Å². The number of hydrogen-bond acceptors (Lipinski definition) is 2. The van der Waals surface area contributed by atoms with Gasteiger partial charge in [-0.1, -0.05) is 13.0 Å². The molecule has 1 unspecified atom stereocenters. The molecule has 0 bridgehead atoms.